The average Bonchev–Trinajstić information content (AvgIpc) is 3.21. The molecule has 0 aliphatic carbocycles. The quantitative estimate of drug-likeness (QED) is 0.330. The number of benzene rings is 3. The molecule has 3 aromatic carbocycles. The van der Waals surface area contributed by atoms with Gasteiger partial charge in [-0.3, -0.25) is 0 Å². The van der Waals surface area contributed by atoms with Crippen molar-refractivity contribution in [2.24, 2.45) is 0 Å². The summed E-state index contributed by atoms with van der Waals surface area (Å²) in [6.45, 7) is 1.39. The molecule has 1 amide bonds. The summed E-state index contributed by atoms with van der Waals surface area (Å²) in [5.41, 5.74) is 2.72. The third-order valence-corrected chi connectivity index (χ3v) is 8.95. The van der Waals surface area contributed by atoms with E-state index in [1.54, 1.807) is 36.5 Å². The van der Waals surface area contributed by atoms with Crippen LogP contribution in [-0.4, -0.2) is 54.2 Å². The van der Waals surface area contributed by atoms with Gasteiger partial charge >= 0.3 is 6.09 Å². The SMILES string of the molecule is O=C(O)N1CCN(c2ccc3c(c2)c(I)cn3S(=O)(=O)c2ccccc2)C(Cc2ccccc2)C1. The van der Waals surface area contributed by atoms with Gasteiger partial charge in [0.1, 0.15) is 0 Å². The summed E-state index contributed by atoms with van der Waals surface area (Å²) in [6.07, 6.45) is 1.46. The highest BCUT2D eigenvalue weighted by molar-refractivity contribution is 14.1. The first-order valence-electron chi connectivity index (χ1n) is 11.2. The van der Waals surface area contributed by atoms with Crippen molar-refractivity contribution in [2.45, 2.75) is 17.4 Å². The third kappa shape index (κ3) is 4.62. The first-order valence-corrected chi connectivity index (χ1v) is 13.8. The molecular weight excluding hydrogens is 577 g/mol. The van der Waals surface area contributed by atoms with E-state index in [1.165, 1.54) is 8.87 Å². The maximum atomic E-state index is 13.3. The summed E-state index contributed by atoms with van der Waals surface area (Å²) in [5.74, 6) is 0. The number of aromatic nitrogens is 1. The van der Waals surface area contributed by atoms with Crippen molar-refractivity contribution in [1.82, 2.24) is 8.87 Å². The molecule has 180 valence electrons. The molecule has 9 heteroatoms. The van der Waals surface area contributed by atoms with Crippen molar-refractivity contribution < 1.29 is 18.3 Å². The van der Waals surface area contributed by atoms with Crippen LogP contribution in [-0.2, 0) is 16.4 Å². The van der Waals surface area contributed by atoms with E-state index in [0.717, 1.165) is 20.2 Å². The van der Waals surface area contributed by atoms with Gasteiger partial charge in [0.25, 0.3) is 10.0 Å². The molecular formula is C26H24IN3O4S. The van der Waals surface area contributed by atoms with Crippen LogP contribution in [0.3, 0.4) is 0 Å². The summed E-state index contributed by atoms with van der Waals surface area (Å²) >= 11 is 2.17. The summed E-state index contributed by atoms with van der Waals surface area (Å²) in [5, 5.41) is 10.4. The molecule has 1 fully saturated rings. The van der Waals surface area contributed by atoms with Crippen LogP contribution in [0.25, 0.3) is 10.9 Å². The zero-order valence-corrected chi connectivity index (χ0v) is 21.8. The minimum Gasteiger partial charge on any atom is -0.465 e. The van der Waals surface area contributed by atoms with E-state index < -0.39 is 16.1 Å². The van der Waals surface area contributed by atoms with E-state index in [-0.39, 0.29) is 10.9 Å². The second kappa shape index (κ2) is 9.54. The van der Waals surface area contributed by atoms with E-state index in [0.29, 0.717) is 31.6 Å². The normalized spacial score (nSPS) is 16.5. The van der Waals surface area contributed by atoms with Gasteiger partial charge in [-0.2, -0.15) is 0 Å². The number of amides is 1. The Morgan fingerprint density at radius 3 is 2.34 bits per heavy atom. The topological polar surface area (TPSA) is 82.8 Å². The monoisotopic (exact) mass is 601 g/mol. The highest BCUT2D eigenvalue weighted by Crippen LogP contribution is 2.32. The van der Waals surface area contributed by atoms with E-state index in [1.807, 2.05) is 36.4 Å². The fourth-order valence-corrected chi connectivity index (χ4v) is 6.95. The molecule has 1 aliphatic rings. The van der Waals surface area contributed by atoms with Crippen molar-refractivity contribution in [3.05, 3.63) is 94.2 Å². The summed E-state index contributed by atoms with van der Waals surface area (Å²) < 4.78 is 28.8. The lowest BCUT2D eigenvalue weighted by Gasteiger charge is -2.42. The third-order valence-electron chi connectivity index (χ3n) is 6.40. The Labute approximate surface area is 217 Å². The lowest BCUT2D eigenvalue weighted by atomic mass is 10.0. The Balaban J connectivity index is 1.52. The number of hydrogen-bond donors (Lipinski definition) is 1. The van der Waals surface area contributed by atoms with Crippen LogP contribution in [0.1, 0.15) is 5.56 Å². The number of carboxylic acid groups (broad SMARTS) is 1. The molecule has 1 saturated heterocycles. The van der Waals surface area contributed by atoms with Crippen LogP contribution in [0.2, 0.25) is 0 Å². The highest BCUT2D eigenvalue weighted by Gasteiger charge is 2.30. The van der Waals surface area contributed by atoms with Crippen molar-refractivity contribution in [3.8, 4) is 0 Å². The molecule has 1 unspecified atom stereocenters. The number of rotatable bonds is 5. The Kier molecular flexibility index (Phi) is 6.45. The number of halogens is 1. The number of fused-ring (bicyclic) bond motifs is 1. The van der Waals surface area contributed by atoms with Gasteiger partial charge in [0.05, 0.1) is 16.5 Å². The van der Waals surface area contributed by atoms with E-state index in [9.17, 15) is 18.3 Å². The Morgan fingerprint density at radius 1 is 0.971 bits per heavy atom. The second-order valence-corrected chi connectivity index (χ2v) is 11.5. The van der Waals surface area contributed by atoms with E-state index >= 15 is 0 Å². The molecule has 1 aromatic heterocycles. The minimum atomic E-state index is -3.72. The van der Waals surface area contributed by atoms with Crippen LogP contribution < -0.4 is 4.90 Å². The van der Waals surface area contributed by atoms with Gasteiger partial charge in [-0.1, -0.05) is 48.5 Å². The van der Waals surface area contributed by atoms with Crippen LogP contribution in [0.5, 0.6) is 0 Å². The zero-order chi connectivity index (χ0) is 24.6. The lowest BCUT2D eigenvalue weighted by Crippen LogP contribution is -2.55. The molecule has 35 heavy (non-hydrogen) atoms. The molecule has 0 radical (unpaired) electrons. The van der Waals surface area contributed by atoms with Gasteiger partial charge in [-0.15, -0.1) is 0 Å². The largest absolute Gasteiger partial charge is 0.465 e. The maximum Gasteiger partial charge on any atom is 0.407 e. The average molecular weight is 601 g/mol. The lowest BCUT2D eigenvalue weighted by molar-refractivity contribution is 0.134. The Bertz CT molecular complexity index is 1470. The molecule has 4 aromatic rings. The Morgan fingerprint density at radius 2 is 1.66 bits per heavy atom. The molecule has 1 aliphatic heterocycles. The number of anilines is 1. The number of piperazine rings is 1. The molecule has 5 rings (SSSR count). The summed E-state index contributed by atoms with van der Waals surface area (Å²) in [4.78, 5) is 15.6. The van der Waals surface area contributed by atoms with Gasteiger partial charge < -0.3 is 14.9 Å². The fourth-order valence-electron chi connectivity index (χ4n) is 4.66. The maximum absolute atomic E-state index is 13.3. The van der Waals surface area contributed by atoms with Crippen LogP contribution in [0, 0.1) is 3.57 Å². The van der Waals surface area contributed by atoms with E-state index in [2.05, 4.69) is 39.6 Å². The smallest absolute Gasteiger partial charge is 0.407 e. The molecule has 0 bridgehead atoms. The van der Waals surface area contributed by atoms with Crippen molar-refractivity contribution in [1.29, 1.82) is 0 Å². The van der Waals surface area contributed by atoms with Crippen molar-refractivity contribution in [3.63, 3.8) is 0 Å². The zero-order valence-electron chi connectivity index (χ0n) is 18.8. The molecule has 0 spiro atoms. The molecule has 2 heterocycles. The van der Waals surface area contributed by atoms with Gasteiger partial charge in [0.15, 0.2) is 0 Å². The van der Waals surface area contributed by atoms with Crippen molar-refractivity contribution in [2.75, 3.05) is 24.5 Å². The first kappa shape index (κ1) is 23.7. The van der Waals surface area contributed by atoms with Gasteiger partial charge in [0.2, 0.25) is 0 Å². The standard InChI is InChI=1S/C26H24IN3O4S/c27-24-18-30(35(33,34)22-9-5-2-6-10-22)25-12-11-20(16-23(24)25)29-14-13-28(26(31)32)17-21(29)15-19-7-3-1-4-8-19/h1-12,16,18,21H,13-15,17H2,(H,31,32). The van der Waals surface area contributed by atoms with E-state index in [4.69, 9.17) is 0 Å². The van der Waals surface area contributed by atoms with Crippen LogP contribution in [0.4, 0.5) is 10.5 Å². The second-order valence-electron chi connectivity index (χ2n) is 8.56. The van der Waals surface area contributed by atoms with Crippen LogP contribution >= 0.6 is 22.6 Å². The fraction of sp³-hybridized carbons (Fsp3) is 0.192. The number of nitrogens with zero attached hydrogens (tertiary/aromatic N) is 3. The molecule has 0 saturated carbocycles. The number of hydrogen-bond acceptors (Lipinski definition) is 4. The van der Waals surface area contributed by atoms with Gasteiger partial charge in [-0.25, -0.2) is 17.2 Å². The first-order chi connectivity index (χ1) is 16.8. The van der Waals surface area contributed by atoms with Gasteiger partial charge in [-0.05, 0) is 64.9 Å². The minimum absolute atomic E-state index is 0.0347. The number of carbonyl (C=O) groups is 1. The predicted octanol–water partition coefficient (Wildman–Crippen LogP) is 4.89. The highest BCUT2D eigenvalue weighted by atomic mass is 127. The molecule has 7 nitrogen and oxygen atoms in total. The van der Waals surface area contributed by atoms with Crippen molar-refractivity contribution >= 4 is 55.3 Å². The summed E-state index contributed by atoms with van der Waals surface area (Å²) in [6, 6.07) is 24.2. The summed E-state index contributed by atoms with van der Waals surface area (Å²) in [7, 11) is -3.72. The predicted molar refractivity (Wildman–Crippen MR) is 145 cm³/mol. The molecule has 1 N–H and O–H groups in total. The van der Waals surface area contributed by atoms with Crippen LogP contribution in [0.15, 0.2) is 90.0 Å². The molecule has 1 atom stereocenters. The Hall–Kier alpha value is -3.05. The van der Waals surface area contributed by atoms with Gasteiger partial charge in [0, 0.05) is 40.5 Å².